The van der Waals surface area contributed by atoms with E-state index in [1.165, 1.54) is 22.5 Å². The lowest BCUT2D eigenvalue weighted by molar-refractivity contribution is -0.127. The molecule has 2 aromatic rings. The number of hydrogen-bond acceptors (Lipinski definition) is 6. The van der Waals surface area contributed by atoms with Crippen molar-refractivity contribution >= 4 is 33.6 Å². The summed E-state index contributed by atoms with van der Waals surface area (Å²) < 4.78 is 38.2. The molecule has 0 saturated carbocycles. The summed E-state index contributed by atoms with van der Waals surface area (Å²) in [4.78, 5) is 26.1. The van der Waals surface area contributed by atoms with E-state index < -0.39 is 16.1 Å². The van der Waals surface area contributed by atoms with E-state index in [1.807, 2.05) is 24.3 Å². The number of methoxy groups -OCH3 is 1. The molecule has 10 heteroatoms. The summed E-state index contributed by atoms with van der Waals surface area (Å²) in [7, 11) is -2.19. The summed E-state index contributed by atoms with van der Waals surface area (Å²) in [6, 6.07) is 11.7. The summed E-state index contributed by atoms with van der Waals surface area (Å²) in [6.07, 6.45) is 2.57. The molecule has 2 aromatic carbocycles. The molecule has 1 unspecified atom stereocenters. The van der Waals surface area contributed by atoms with Crippen LogP contribution in [-0.4, -0.2) is 68.8 Å². The van der Waals surface area contributed by atoms with E-state index in [2.05, 4.69) is 5.32 Å². The van der Waals surface area contributed by atoms with E-state index in [-0.39, 0.29) is 42.9 Å². The van der Waals surface area contributed by atoms with Crippen LogP contribution in [0.25, 0.3) is 6.08 Å². The highest BCUT2D eigenvalue weighted by Gasteiger charge is 2.31. The topological polar surface area (TPSA) is 105 Å². The number of nitrogens with zero attached hydrogens (tertiary/aromatic N) is 2. The first-order chi connectivity index (χ1) is 15.8. The molecule has 0 radical (unpaired) electrons. The van der Waals surface area contributed by atoms with E-state index >= 15 is 0 Å². The predicted molar refractivity (Wildman–Crippen MR) is 123 cm³/mol. The normalized spacial score (nSPS) is 19.0. The number of piperazine rings is 1. The number of ether oxygens (including phenoxy) is 2. The molecule has 1 atom stereocenters. The van der Waals surface area contributed by atoms with Gasteiger partial charge in [-0.1, -0.05) is 12.1 Å². The zero-order valence-electron chi connectivity index (χ0n) is 18.4. The molecule has 2 heterocycles. The fraction of sp³-hybridized carbons (Fsp3) is 0.304. The van der Waals surface area contributed by atoms with Crippen molar-refractivity contribution in [2.75, 3.05) is 38.6 Å². The molecule has 1 saturated heterocycles. The summed E-state index contributed by atoms with van der Waals surface area (Å²) in [5.74, 6) is 0.664. The van der Waals surface area contributed by atoms with E-state index in [1.54, 1.807) is 31.1 Å². The Kier molecular flexibility index (Phi) is 6.39. The highest BCUT2D eigenvalue weighted by molar-refractivity contribution is 7.89. The average molecular weight is 472 g/mol. The van der Waals surface area contributed by atoms with Gasteiger partial charge >= 0.3 is 0 Å². The Hall–Kier alpha value is -3.37. The second-order valence-electron chi connectivity index (χ2n) is 7.74. The monoisotopic (exact) mass is 471 g/mol. The predicted octanol–water partition coefficient (Wildman–Crippen LogP) is 1.96. The van der Waals surface area contributed by atoms with Crippen molar-refractivity contribution in [1.29, 1.82) is 0 Å². The van der Waals surface area contributed by atoms with E-state index in [4.69, 9.17) is 9.47 Å². The number of amides is 2. The number of anilines is 1. The Bertz CT molecular complexity index is 1190. The molecule has 1 fully saturated rings. The molecule has 1 N–H and O–H groups in total. The van der Waals surface area contributed by atoms with Gasteiger partial charge in [-0.25, -0.2) is 8.42 Å². The second-order valence-corrected chi connectivity index (χ2v) is 9.68. The van der Waals surface area contributed by atoms with Gasteiger partial charge in [-0.15, -0.1) is 0 Å². The lowest BCUT2D eigenvalue weighted by Gasteiger charge is -2.33. The van der Waals surface area contributed by atoms with Gasteiger partial charge in [0, 0.05) is 32.3 Å². The van der Waals surface area contributed by atoms with Crippen LogP contribution in [0.1, 0.15) is 12.5 Å². The minimum atomic E-state index is -3.78. The minimum absolute atomic E-state index is 0.0684. The maximum Gasteiger partial charge on any atom is 0.265 e. The first kappa shape index (κ1) is 22.8. The molecule has 2 amide bonds. The van der Waals surface area contributed by atoms with Crippen molar-refractivity contribution < 1.29 is 27.5 Å². The van der Waals surface area contributed by atoms with Crippen LogP contribution in [0.5, 0.6) is 11.5 Å². The van der Waals surface area contributed by atoms with E-state index in [0.29, 0.717) is 11.4 Å². The summed E-state index contributed by atoms with van der Waals surface area (Å²) in [5, 5.41) is 2.67. The Labute approximate surface area is 192 Å². The number of carbonyl (C=O) groups excluding carboxylic acids is 2. The van der Waals surface area contributed by atoms with Gasteiger partial charge in [-0.3, -0.25) is 9.59 Å². The fourth-order valence-electron chi connectivity index (χ4n) is 3.63. The lowest BCUT2D eigenvalue weighted by Crippen LogP contribution is -2.50. The van der Waals surface area contributed by atoms with Crippen molar-refractivity contribution in [3.63, 3.8) is 0 Å². The SMILES string of the molecule is COc1ccc(C=CC(=O)N2CCN(S(=O)(=O)c3ccc4c(c3)NC(=O)C(C)O4)CC2)cc1. The zero-order chi connectivity index (χ0) is 23.6. The summed E-state index contributed by atoms with van der Waals surface area (Å²) in [6.45, 7) is 2.55. The van der Waals surface area contributed by atoms with Gasteiger partial charge in [0.1, 0.15) is 11.5 Å². The van der Waals surface area contributed by atoms with Crippen LogP contribution in [-0.2, 0) is 19.6 Å². The third-order valence-electron chi connectivity index (χ3n) is 5.60. The van der Waals surface area contributed by atoms with Crippen molar-refractivity contribution in [3.8, 4) is 11.5 Å². The molecule has 174 valence electrons. The van der Waals surface area contributed by atoms with E-state index in [0.717, 1.165) is 11.3 Å². The Morgan fingerprint density at radius 3 is 2.48 bits per heavy atom. The number of benzene rings is 2. The van der Waals surface area contributed by atoms with Gasteiger partial charge in [0.25, 0.3) is 5.91 Å². The van der Waals surface area contributed by atoms with Gasteiger partial charge in [0.15, 0.2) is 6.10 Å². The number of rotatable bonds is 5. The molecule has 2 aliphatic heterocycles. The van der Waals surface area contributed by atoms with Crippen molar-refractivity contribution in [2.45, 2.75) is 17.9 Å². The van der Waals surface area contributed by atoms with Gasteiger partial charge in [0.2, 0.25) is 15.9 Å². The number of sulfonamides is 1. The number of hydrogen-bond donors (Lipinski definition) is 1. The molecule has 33 heavy (non-hydrogen) atoms. The van der Waals surface area contributed by atoms with Crippen LogP contribution in [0.15, 0.2) is 53.4 Å². The molecule has 9 nitrogen and oxygen atoms in total. The molecule has 4 rings (SSSR count). The number of carbonyl (C=O) groups is 2. The molecule has 0 aliphatic carbocycles. The second kappa shape index (κ2) is 9.24. The third-order valence-corrected chi connectivity index (χ3v) is 7.50. The minimum Gasteiger partial charge on any atom is -0.497 e. The standard InChI is InChI=1S/C23H25N3O6S/c1-16-23(28)24-20-15-19(8-9-21(20)32-16)33(29,30)26-13-11-25(12-14-26)22(27)10-5-17-3-6-18(31-2)7-4-17/h3-10,15-16H,11-14H2,1-2H3,(H,24,28). The fourth-order valence-corrected chi connectivity index (χ4v) is 5.08. The smallest absolute Gasteiger partial charge is 0.265 e. The van der Waals surface area contributed by atoms with Crippen LogP contribution < -0.4 is 14.8 Å². The Morgan fingerprint density at radius 1 is 1.12 bits per heavy atom. The number of nitrogens with one attached hydrogen (secondary N) is 1. The lowest BCUT2D eigenvalue weighted by atomic mass is 10.2. The van der Waals surface area contributed by atoms with Gasteiger partial charge in [-0.05, 0) is 48.9 Å². The third kappa shape index (κ3) is 4.86. The van der Waals surface area contributed by atoms with E-state index in [9.17, 15) is 18.0 Å². The van der Waals surface area contributed by atoms with Crippen molar-refractivity contribution in [1.82, 2.24) is 9.21 Å². The maximum atomic E-state index is 13.1. The van der Waals surface area contributed by atoms with Crippen molar-refractivity contribution in [2.24, 2.45) is 0 Å². The van der Waals surface area contributed by atoms with Crippen LogP contribution in [0.3, 0.4) is 0 Å². The summed E-state index contributed by atoms with van der Waals surface area (Å²) in [5.41, 5.74) is 1.19. The average Bonchev–Trinajstić information content (AvgIpc) is 2.83. The molecular formula is C23H25N3O6S. The first-order valence-corrected chi connectivity index (χ1v) is 11.9. The van der Waals surface area contributed by atoms with Crippen molar-refractivity contribution in [3.05, 3.63) is 54.1 Å². The molecule has 0 bridgehead atoms. The molecular weight excluding hydrogens is 446 g/mol. The van der Waals surface area contributed by atoms with Crippen LogP contribution >= 0.6 is 0 Å². The quantitative estimate of drug-likeness (QED) is 0.669. The van der Waals surface area contributed by atoms with Gasteiger partial charge < -0.3 is 19.7 Å². The van der Waals surface area contributed by atoms with Crippen LogP contribution in [0.4, 0.5) is 5.69 Å². The highest BCUT2D eigenvalue weighted by Crippen LogP contribution is 2.33. The Morgan fingerprint density at radius 2 is 1.82 bits per heavy atom. The highest BCUT2D eigenvalue weighted by atomic mass is 32.2. The Balaban J connectivity index is 1.38. The maximum absolute atomic E-state index is 13.1. The molecule has 0 aromatic heterocycles. The van der Waals surface area contributed by atoms with Gasteiger partial charge in [-0.2, -0.15) is 4.31 Å². The summed E-state index contributed by atoms with van der Waals surface area (Å²) >= 11 is 0. The van der Waals surface area contributed by atoms with Crippen LogP contribution in [0, 0.1) is 0 Å². The largest absolute Gasteiger partial charge is 0.497 e. The van der Waals surface area contributed by atoms with Gasteiger partial charge in [0.05, 0.1) is 17.7 Å². The molecule has 2 aliphatic rings. The number of fused-ring (bicyclic) bond motifs is 1. The zero-order valence-corrected chi connectivity index (χ0v) is 19.2. The molecule has 0 spiro atoms. The first-order valence-electron chi connectivity index (χ1n) is 10.5. The van der Waals surface area contributed by atoms with Crippen LogP contribution in [0.2, 0.25) is 0 Å².